The van der Waals surface area contributed by atoms with Crippen LogP contribution in [0.5, 0.6) is 0 Å². The number of sulfonamides is 1. The van der Waals surface area contributed by atoms with Crippen molar-refractivity contribution in [2.45, 2.75) is 4.90 Å². The van der Waals surface area contributed by atoms with Crippen LogP contribution in [0.2, 0.25) is 0 Å². The zero-order valence-electron chi connectivity index (χ0n) is 13.5. The number of aromatic nitrogens is 2. The first-order valence-corrected chi connectivity index (χ1v) is 9.22. The molecule has 0 fully saturated rings. The number of pyridine rings is 1. The van der Waals surface area contributed by atoms with Gasteiger partial charge in [-0.25, -0.2) is 9.51 Å². The Balaban J connectivity index is 1.90. The molecule has 3 N–H and O–H groups in total. The summed E-state index contributed by atoms with van der Waals surface area (Å²) in [6, 6.07) is 16.9. The van der Waals surface area contributed by atoms with Crippen molar-refractivity contribution in [3.8, 4) is 0 Å². The van der Waals surface area contributed by atoms with E-state index in [0.717, 1.165) is 0 Å². The van der Waals surface area contributed by atoms with Gasteiger partial charge in [0.15, 0.2) is 0 Å². The summed E-state index contributed by atoms with van der Waals surface area (Å²) in [5.41, 5.74) is 6.34. The lowest BCUT2D eigenvalue weighted by atomic mass is 10.2. The molecule has 2 heterocycles. The molecule has 0 radical (unpaired) electrons. The smallest absolute Gasteiger partial charge is 0.277 e. The topological polar surface area (TPSA) is 107 Å². The van der Waals surface area contributed by atoms with E-state index in [0.29, 0.717) is 21.8 Å². The second-order valence-electron chi connectivity index (χ2n) is 5.71. The van der Waals surface area contributed by atoms with Crippen molar-refractivity contribution in [3.63, 3.8) is 0 Å². The molecule has 0 aliphatic heterocycles. The number of benzene rings is 2. The number of carbonyl (C=O) groups is 1. The summed E-state index contributed by atoms with van der Waals surface area (Å²) in [6.45, 7) is 0. The fraction of sp³-hybridized carbons (Fsp3) is 0. The maximum atomic E-state index is 13.0. The van der Waals surface area contributed by atoms with E-state index in [1.807, 2.05) is 0 Å². The first-order chi connectivity index (χ1) is 12.5. The highest BCUT2D eigenvalue weighted by molar-refractivity contribution is 7.92. The molecule has 0 saturated heterocycles. The van der Waals surface area contributed by atoms with Crippen LogP contribution in [-0.4, -0.2) is 24.0 Å². The summed E-state index contributed by atoms with van der Waals surface area (Å²) in [6.07, 6.45) is 1.53. The molecule has 4 rings (SSSR count). The van der Waals surface area contributed by atoms with Gasteiger partial charge in [0.05, 0.1) is 11.0 Å². The number of para-hydroxylation sites is 2. The minimum Gasteiger partial charge on any atom is -0.364 e. The summed E-state index contributed by atoms with van der Waals surface area (Å²) >= 11 is 0. The Kier molecular flexibility index (Phi) is 3.62. The van der Waals surface area contributed by atoms with E-state index in [1.54, 1.807) is 54.6 Å². The zero-order chi connectivity index (χ0) is 18.3. The van der Waals surface area contributed by atoms with Crippen LogP contribution < -0.4 is 10.6 Å². The highest BCUT2D eigenvalue weighted by Crippen LogP contribution is 2.23. The molecule has 0 aliphatic rings. The van der Waals surface area contributed by atoms with Gasteiger partial charge < -0.3 is 5.73 Å². The van der Waals surface area contributed by atoms with Crippen LogP contribution in [0.25, 0.3) is 21.8 Å². The standard InChI is InChI=1S/C18H14N4O3S/c19-18(23)15-11-13-5-1-2-8-14(13)22(15)21-26(24,25)16-9-3-6-12-7-4-10-20-17(12)16/h1-11,21H,(H2,19,23). The summed E-state index contributed by atoms with van der Waals surface area (Å²) in [5.74, 6) is -0.736. The Morgan fingerprint density at radius 2 is 1.73 bits per heavy atom. The number of fused-ring (bicyclic) bond motifs is 2. The highest BCUT2D eigenvalue weighted by atomic mass is 32.2. The molecule has 2 aromatic carbocycles. The predicted octanol–water partition coefficient (Wildman–Crippen LogP) is 2.22. The monoisotopic (exact) mass is 366 g/mol. The van der Waals surface area contributed by atoms with E-state index < -0.39 is 15.9 Å². The second kappa shape index (κ2) is 5.85. The Labute approximate surface area is 149 Å². The Morgan fingerprint density at radius 3 is 2.54 bits per heavy atom. The van der Waals surface area contributed by atoms with Gasteiger partial charge in [0.1, 0.15) is 10.6 Å². The van der Waals surface area contributed by atoms with Crippen molar-refractivity contribution < 1.29 is 13.2 Å². The fourth-order valence-electron chi connectivity index (χ4n) is 2.90. The lowest BCUT2D eigenvalue weighted by Gasteiger charge is -2.13. The van der Waals surface area contributed by atoms with E-state index in [4.69, 9.17) is 5.73 Å². The van der Waals surface area contributed by atoms with Crippen LogP contribution in [0.3, 0.4) is 0 Å². The lowest BCUT2D eigenvalue weighted by molar-refractivity contribution is 0.0993. The number of nitrogens with two attached hydrogens (primary N) is 1. The first kappa shape index (κ1) is 16.1. The number of rotatable bonds is 4. The van der Waals surface area contributed by atoms with Crippen molar-refractivity contribution >= 4 is 37.7 Å². The van der Waals surface area contributed by atoms with Gasteiger partial charge in [0, 0.05) is 17.0 Å². The molecule has 26 heavy (non-hydrogen) atoms. The van der Waals surface area contributed by atoms with E-state index >= 15 is 0 Å². The number of hydrogen-bond acceptors (Lipinski definition) is 4. The molecule has 2 aromatic heterocycles. The van der Waals surface area contributed by atoms with Crippen molar-refractivity contribution in [2.75, 3.05) is 4.83 Å². The van der Waals surface area contributed by atoms with Gasteiger partial charge in [-0.05, 0) is 24.3 Å². The largest absolute Gasteiger partial charge is 0.364 e. The summed E-state index contributed by atoms with van der Waals surface area (Å²) in [7, 11) is -4.01. The van der Waals surface area contributed by atoms with Gasteiger partial charge in [-0.2, -0.15) is 8.42 Å². The highest BCUT2D eigenvalue weighted by Gasteiger charge is 2.22. The average Bonchev–Trinajstić information content (AvgIpc) is 2.99. The number of primary amides is 1. The van der Waals surface area contributed by atoms with Gasteiger partial charge >= 0.3 is 0 Å². The average molecular weight is 366 g/mol. The van der Waals surface area contributed by atoms with Gasteiger partial charge in [0.25, 0.3) is 15.9 Å². The van der Waals surface area contributed by atoms with Gasteiger partial charge in [-0.1, -0.05) is 36.4 Å². The third-order valence-electron chi connectivity index (χ3n) is 4.06. The van der Waals surface area contributed by atoms with Crippen molar-refractivity contribution in [1.29, 1.82) is 0 Å². The number of nitrogens with zero attached hydrogens (tertiary/aromatic N) is 2. The normalized spacial score (nSPS) is 11.7. The zero-order valence-corrected chi connectivity index (χ0v) is 14.3. The summed E-state index contributed by atoms with van der Waals surface area (Å²) in [4.78, 5) is 18.4. The van der Waals surface area contributed by atoms with Gasteiger partial charge in [0.2, 0.25) is 0 Å². The molecule has 0 spiro atoms. The van der Waals surface area contributed by atoms with Crippen molar-refractivity contribution in [3.05, 3.63) is 72.6 Å². The summed E-state index contributed by atoms with van der Waals surface area (Å²) in [5, 5.41) is 1.39. The fourth-order valence-corrected chi connectivity index (χ4v) is 4.12. The van der Waals surface area contributed by atoms with E-state index in [1.165, 1.54) is 16.9 Å². The third kappa shape index (κ3) is 2.56. The molecule has 7 nitrogen and oxygen atoms in total. The maximum absolute atomic E-state index is 13.0. The molecule has 8 heteroatoms. The maximum Gasteiger partial charge on any atom is 0.277 e. The van der Waals surface area contributed by atoms with Crippen molar-refractivity contribution in [1.82, 2.24) is 9.66 Å². The van der Waals surface area contributed by atoms with Crippen LogP contribution in [0, 0.1) is 0 Å². The van der Waals surface area contributed by atoms with E-state index in [2.05, 4.69) is 9.82 Å². The molecule has 0 unspecified atom stereocenters. The van der Waals surface area contributed by atoms with Crippen LogP contribution in [0.4, 0.5) is 0 Å². The quantitative estimate of drug-likeness (QED) is 0.577. The SMILES string of the molecule is NC(=O)c1cc2ccccc2n1NS(=O)(=O)c1cccc2cccnc12. The third-order valence-corrected chi connectivity index (χ3v) is 5.39. The Morgan fingerprint density at radius 1 is 1.00 bits per heavy atom. The molecule has 0 saturated carbocycles. The Hall–Kier alpha value is -3.39. The molecule has 130 valence electrons. The second-order valence-corrected chi connectivity index (χ2v) is 7.34. The molecular formula is C18H14N4O3S. The minimum atomic E-state index is -4.01. The van der Waals surface area contributed by atoms with Gasteiger partial charge in [-0.3, -0.25) is 9.78 Å². The number of carbonyl (C=O) groups excluding carboxylic acids is 1. The van der Waals surface area contributed by atoms with E-state index in [-0.39, 0.29) is 10.6 Å². The van der Waals surface area contributed by atoms with Crippen molar-refractivity contribution in [2.24, 2.45) is 5.73 Å². The van der Waals surface area contributed by atoms with Crippen LogP contribution in [-0.2, 0) is 10.0 Å². The van der Waals surface area contributed by atoms with Gasteiger partial charge in [-0.15, -0.1) is 0 Å². The summed E-state index contributed by atoms with van der Waals surface area (Å²) < 4.78 is 27.2. The molecule has 0 bridgehead atoms. The molecule has 4 aromatic rings. The number of nitrogens with one attached hydrogen (secondary N) is 1. The Bertz CT molecular complexity index is 1260. The lowest BCUT2D eigenvalue weighted by Crippen LogP contribution is -2.28. The molecule has 0 aliphatic carbocycles. The van der Waals surface area contributed by atoms with Crippen LogP contribution in [0.15, 0.2) is 71.8 Å². The molecule has 0 atom stereocenters. The number of hydrogen-bond donors (Lipinski definition) is 2. The van der Waals surface area contributed by atoms with E-state index in [9.17, 15) is 13.2 Å². The minimum absolute atomic E-state index is 0.0174. The van der Waals surface area contributed by atoms with Crippen LogP contribution >= 0.6 is 0 Å². The first-order valence-electron chi connectivity index (χ1n) is 7.74. The number of amides is 1. The van der Waals surface area contributed by atoms with Crippen LogP contribution in [0.1, 0.15) is 10.5 Å². The molecule has 1 amide bonds. The molecular weight excluding hydrogens is 352 g/mol. The predicted molar refractivity (Wildman–Crippen MR) is 98.7 cm³/mol.